The van der Waals surface area contributed by atoms with Crippen LogP contribution in [-0.4, -0.2) is 25.9 Å². The summed E-state index contributed by atoms with van der Waals surface area (Å²) in [6.07, 6.45) is 3.34. The average molecular weight is 329 g/mol. The maximum absolute atomic E-state index is 12.5. The molecule has 0 aliphatic heterocycles. The number of anilines is 1. The number of carbonyl (C=O) groups excluding carboxylic acids is 1. The smallest absolute Gasteiger partial charge is 0.277 e. The molecule has 25 heavy (non-hydrogen) atoms. The summed E-state index contributed by atoms with van der Waals surface area (Å²) in [5.41, 5.74) is 2.76. The summed E-state index contributed by atoms with van der Waals surface area (Å²) in [7, 11) is 0. The molecule has 0 fully saturated rings. The molecule has 1 N–H and O–H groups in total. The van der Waals surface area contributed by atoms with Gasteiger partial charge in [-0.1, -0.05) is 53.7 Å². The summed E-state index contributed by atoms with van der Waals surface area (Å²) in [6.45, 7) is 0.566. The zero-order valence-corrected chi connectivity index (χ0v) is 13.3. The molecule has 0 atom stereocenters. The zero-order valence-electron chi connectivity index (χ0n) is 13.3. The van der Waals surface area contributed by atoms with Gasteiger partial charge in [0.2, 0.25) is 0 Å². The first-order valence-corrected chi connectivity index (χ1v) is 7.89. The van der Waals surface area contributed by atoms with Crippen LogP contribution in [0.25, 0.3) is 10.9 Å². The highest BCUT2D eigenvalue weighted by Gasteiger charge is 2.13. The molecule has 0 saturated carbocycles. The lowest BCUT2D eigenvalue weighted by atomic mass is 10.2. The van der Waals surface area contributed by atoms with Crippen LogP contribution in [0.1, 0.15) is 16.1 Å². The summed E-state index contributed by atoms with van der Waals surface area (Å²) in [5, 5.41) is 11.8. The van der Waals surface area contributed by atoms with E-state index in [1.54, 1.807) is 17.1 Å². The molecular weight excluding hydrogens is 314 g/mol. The Morgan fingerprint density at radius 1 is 1.00 bits per heavy atom. The quantitative estimate of drug-likeness (QED) is 0.624. The molecule has 1 amide bonds. The van der Waals surface area contributed by atoms with Gasteiger partial charge in [-0.25, -0.2) is 4.68 Å². The fourth-order valence-electron chi connectivity index (χ4n) is 2.64. The van der Waals surface area contributed by atoms with Crippen molar-refractivity contribution in [2.24, 2.45) is 0 Å². The summed E-state index contributed by atoms with van der Waals surface area (Å²) in [6, 6.07) is 19.4. The number of nitrogens with one attached hydrogen (secondary N) is 1. The van der Waals surface area contributed by atoms with Gasteiger partial charge in [-0.2, -0.15) is 0 Å². The highest BCUT2D eigenvalue weighted by atomic mass is 16.2. The molecule has 2 aromatic carbocycles. The van der Waals surface area contributed by atoms with Crippen LogP contribution in [0.4, 0.5) is 5.69 Å². The van der Waals surface area contributed by atoms with Gasteiger partial charge in [0.15, 0.2) is 5.69 Å². The number of pyridine rings is 1. The van der Waals surface area contributed by atoms with Crippen LogP contribution in [0.15, 0.2) is 73.1 Å². The van der Waals surface area contributed by atoms with Crippen molar-refractivity contribution < 1.29 is 4.79 Å². The van der Waals surface area contributed by atoms with Gasteiger partial charge in [0.1, 0.15) is 0 Å². The number of aromatic nitrogens is 4. The van der Waals surface area contributed by atoms with Crippen LogP contribution >= 0.6 is 0 Å². The molecule has 6 nitrogen and oxygen atoms in total. The van der Waals surface area contributed by atoms with Crippen molar-refractivity contribution in [2.45, 2.75) is 6.54 Å². The van der Waals surface area contributed by atoms with Crippen LogP contribution in [0, 0.1) is 0 Å². The normalized spacial score (nSPS) is 10.7. The molecule has 0 spiro atoms. The van der Waals surface area contributed by atoms with Gasteiger partial charge in [0.25, 0.3) is 5.91 Å². The molecule has 6 heteroatoms. The van der Waals surface area contributed by atoms with Crippen molar-refractivity contribution >= 4 is 22.5 Å². The lowest BCUT2D eigenvalue weighted by molar-refractivity contribution is 0.102. The topological polar surface area (TPSA) is 72.7 Å². The third kappa shape index (κ3) is 3.23. The van der Waals surface area contributed by atoms with Crippen LogP contribution < -0.4 is 5.32 Å². The van der Waals surface area contributed by atoms with E-state index in [9.17, 15) is 4.79 Å². The van der Waals surface area contributed by atoms with Gasteiger partial charge in [-0.15, -0.1) is 5.10 Å². The van der Waals surface area contributed by atoms with Gasteiger partial charge in [-0.3, -0.25) is 9.78 Å². The van der Waals surface area contributed by atoms with E-state index in [4.69, 9.17) is 0 Å². The Labute approximate surface area is 144 Å². The monoisotopic (exact) mass is 329 g/mol. The largest absolute Gasteiger partial charge is 0.319 e. The van der Waals surface area contributed by atoms with Crippen molar-refractivity contribution in [2.75, 3.05) is 5.32 Å². The molecule has 4 aromatic rings. The van der Waals surface area contributed by atoms with Crippen molar-refractivity contribution in [3.63, 3.8) is 0 Å². The lowest BCUT2D eigenvalue weighted by Crippen LogP contribution is -2.13. The van der Waals surface area contributed by atoms with E-state index in [0.29, 0.717) is 12.2 Å². The first-order valence-electron chi connectivity index (χ1n) is 7.89. The lowest BCUT2D eigenvalue weighted by Gasteiger charge is -2.06. The van der Waals surface area contributed by atoms with Crippen molar-refractivity contribution in [3.8, 4) is 0 Å². The van der Waals surface area contributed by atoms with E-state index in [0.717, 1.165) is 16.5 Å². The summed E-state index contributed by atoms with van der Waals surface area (Å²) < 4.78 is 1.64. The minimum atomic E-state index is -0.308. The van der Waals surface area contributed by atoms with Crippen molar-refractivity contribution in [1.29, 1.82) is 0 Å². The molecule has 2 heterocycles. The number of hydrogen-bond donors (Lipinski definition) is 1. The molecule has 4 rings (SSSR count). The fraction of sp³-hybridized carbons (Fsp3) is 0.0526. The van der Waals surface area contributed by atoms with Crippen LogP contribution in [0.5, 0.6) is 0 Å². The molecule has 0 saturated heterocycles. The van der Waals surface area contributed by atoms with E-state index in [-0.39, 0.29) is 11.6 Å². The van der Waals surface area contributed by atoms with E-state index in [1.807, 2.05) is 60.7 Å². The average Bonchev–Trinajstić information content (AvgIpc) is 3.11. The SMILES string of the molecule is O=C(Nc1cccc2cccnc12)c1cn(Cc2ccccc2)nn1. The number of benzene rings is 2. The minimum absolute atomic E-state index is 0.267. The summed E-state index contributed by atoms with van der Waals surface area (Å²) in [5.74, 6) is -0.308. The maximum Gasteiger partial charge on any atom is 0.277 e. The second kappa shape index (κ2) is 6.52. The second-order valence-electron chi connectivity index (χ2n) is 5.62. The predicted molar refractivity (Wildman–Crippen MR) is 95.3 cm³/mol. The molecule has 0 bridgehead atoms. The number of carbonyl (C=O) groups is 1. The van der Waals surface area contributed by atoms with Crippen molar-refractivity contribution in [3.05, 3.63) is 84.3 Å². The van der Waals surface area contributed by atoms with Crippen LogP contribution in [0.3, 0.4) is 0 Å². The Morgan fingerprint density at radius 3 is 2.72 bits per heavy atom. The number of hydrogen-bond acceptors (Lipinski definition) is 4. The molecule has 0 unspecified atom stereocenters. The van der Waals surface area contributed by atoms with Crippen molar-refractivity contribution in [1.82, 2.24) is 20.0 Å². The van der Waals surface area contributed by atoms with Gasteiger partial charge >= 0.3 is 0 Å². The fourth-order valence-corrected chi connectivity index (χ4v) is 2.64. The highest BCUT2D eigenvalue weighted by molar-refractivity contribution is 6.07. The molecule has 2 aromatic heterocycles. The van der Waals surface area contributed by atoms with E-state index < -0.39 is 0 Å². The number of fused-ring (bicyclic) bond motifs is 1. The number of amides is 1. The standard InChI is InChI=1S/C19H15N5O/c25-19(21-16-10-4-8-15-9-5-11-20-18(15)16)17-13-24(23-22-17)12-14-6-2-1-3-7-14/h1-11,13H,12H2,(H,21,25). The van der Waals surface area contributed by atoms with Gasteiger partial charge < -0.3 is 5.32 Å². The minimum Gasteiger partial charge on any atom is -0.319 e. The summed E-state index contributed by atoms with van der Waals surface area (Å²) >= 11 is 0. The Balaban J connectivity index is 1.53. The third-order valence-electron chi connectivity index (χ3n) is 3.84. The van der Waals surface area contributed by atoms with Gasteiger partial charge in [0.05, 0.1) is 23.9 Å². The number of nitrogens with zero attached hydrogens (tertiary/aromatic N) is 4. The first kappa shape index (κ1) is 15.0. The number of rotatable bonds is 4. The first-order chi connectivity index (χ1) is 12.3. The summed E-state index contributed by atoms with van der Waals surface area (Å²) in [4.78, 5) is 16.8. The maximum atomic E-state index is 12.5. The Kier molecular flexibility index (Phi) is 3.92. The third-order valence-corrected chi connectivity index (χ3v) is 3.84. The predicted octanol–water partition coefficient (Wildman–Crippen LogP) is 3.13. The van der Waals surface area contributed by atoms with Gasteiger partial charge in [-0.05, 0) is 17.7 Å². The van der Waals surface area contributed by atoms with Crippen LogP contribution in [-0.2, 0) is 6.54 Å². The van der Waals surface area contributed by atoms with Crippen LogP contribution in [0.2, 0.25) is 0 Å². The highest BCUT2D eigenvalue weighted by Crippen LogP contribution is 2.21. The Bertz CT molecular complexity index is 1020. The van der Waals surface area contributed by atoms with E-state index in [2.05, 4.69) is 20.6 Å². The number of para-hydroxylation sites is 1. The second-order valence-corrected chi connectivity index (χ2v) is 5.62. The van der Waals surface area contributed by atoms with E-state index >= 15 is 0 Å². The zero-order chi connectivity index (χ0) is 17.1. The molecule has 0 radical (unpaired) electrons. The molecule has 0 aliphatic carbocycles. The molecule has 122 valence electrons. The van der Waals surface area contributed by atoms with Gasteiger partial charge in [0, 0.05) is 11.6 Å². The molecule has 0 aliphatic rings. The Morgan fingerprint density at radius 2 is 1.84 bits per heavy atom. The van der Waals surface area contributed by atoms with E-state index in [1.165, 1.54) is 0 Å². The Hall–Kier alpha value is -3.54. The molecular formula is C19H15N5O.